The van der Waals surface area contributed by atoms with E-state index in [1.54, 1.807) is 21.0 Å². The summed E-state index contributed by atoms with van der Waals surface area (Å²) in [6.45, 7) is 16.9. The Hall–Kier alpha value is -1.16. The first-order valence-electron chi connectivity index (χ1n) is 3.75. The van der Waals surface area contributed by atoms with Crippen LogP contribution in [0.4, 0.5) is 0 Å². The second-order valence-corrected chi connectivity index (χ2v) is 1.19. The maximum atomic E-state index is 4.60. The Bertz CT molecular complexity index is 98.1. The summed E-state index contributed by atoms with van der Waals surface area (Å²) in [4.78, 5) is 0. The highest BCUT2D eigenvalue weighted by atomic mass is 16.5. The molecule has 0 rings (SSSR count). The van der Waals surface area contributed by atoms with Crippen LogP contribution in [0.25, 0.3) is 0 Å². The van der Waals surface area contributed by atoms with Crippen molar-refractivity contribution >= 4 is 0 Å². The van der Waals surface area contributed by atoms with Gasteiger partial charge in [-0.15, -0.1) is 25.5 Å². The average molecular weight is 170 g/mol. The minimum atomic E-state index is 0.755. The first-order chi connectivity index (χ1) is 5.68. The summed E-state index contributed by atoms with van der Waals surface area (Å²) in [6, 6.07) is 0. The summed E-state index contributed by atoms with van der Waals surface area (Å²) < 4.78 is 4.56. The van der Waals surface area contributed by atoms with Crippen LogP contribution in [0.2, 0.25) is 0 Å². The van der Waals surface area contributed by atoms with E-state index in [9.17, 15) is 0 Å². The van der Waals surface area contributed by atoms with Gasteiger partial charge < -0.3 is 4.74 Å². The molecule has 0 aliphatic carbocycles. The molecule has 0 aliphatic rings. The highest BCUT2D eigenvalue weighted by Crippen LogP contribution is 1.80. The number of hydrogen-bond donors (Lipinski definition) is 0. The maximum Gasteiger partial charge on any atom is 0.0853 e. The molecular weight excluding hydrogens is 148 g/mol. The van der Waals surface area contributed by atoms with E-state index < -0.39 is 0 Å². The van der Waals surface area contributed by atoms with Gasteiger partial charge in [0.05, 0.1) is 12.9 Å². The molecule has 1 nitrogen and oxygen atoms in total. The van der Waals surface area contributed by atoms with E-state index >= 15 is 0 Å². The molecule has 0 aromatic heterocycles. The third-order valence-electron chi connectivity index (χ3n) is 0.348. The monoisotopic (exact) mass is 170 g/mol. The lowest BCUT2D eigenvalue weighted by Crippen LogP contribution is -1.70. The van der Waals surface area contributed by atoms with Gasteiger partial charge in [-0.1, -0.05) is 20.4 Å². The summed E-state index contributed by atoms with van der Waals surface area (Å²) >= 11 is 0. The van der Waals surface area contributed by atoms with Gasteiger partial charge in [0.2, 0.25) is 0 Å². The lowest BCUT2D eigenvalue weighted by molar-refractivity contribution is 0.295. The molecule has 0 heterocycles. The predicted octanol–water partition coefficient (Wildman–Crippen LogP) is 3.63. The lowest BCUT2D eigenvalue weighted by atomic mass is 10.7. The molecule has 0 N–H and O–H groups in total. The molecule has 0 atom stereocenters. The number of rotatable bonds is 1. The van der Waals surface area contributed by atoms with Crippen molar-refractivity contribution in [3.63, 3.8) is 0 Å². The molecule has 0 fully saturated rings. The minimum absolute atomic E-state index is 0.755. The fraction of sp³-hybridized carbons (Fsp3) is 0.455. The molecule has 0 amide bonds. The summed E-state index contributed by atoms with van der Waals surface area (Å²) in [5, 5.41) is 0. The van der Waals surface area contributed by atoms with Gasteiger partial charge in [0.25, 0.3) is 0 Å². The Morgan fingerprint density at radius 2 is 1.42 bits per heavy atom. The average Bonchev–Trinajstić information content (AvgIpc) is 2.13. The van der Waals surface area contributed by atoms with E-state index in [1.807, 2.05) is 13.8 Å². The van der Waals surface area contributed by atoms with Crippen molar-refractivity contribution in [2.75, 3.05) is 7.11 Å². The normalized spacial score (nSPS) is 4.33. The molecule has 0 aliphatic heterocycles. The molecule has 12 heavy (non-hydrogen) atoms. The zero-order valence-electron chi connectivity index (χ0n) is 9.11. The van der Waals surface area contributed by atoms with Crippen LogP contribution >= 0.6 is 0 Å². The second kappa shape index (κ2) is 52.1. The van der Waals surface area contributed by atoms with Gasteiger partial charge in [-0.05, 0) is 13.8 Å². The van der Waals surface area contributed by atoms with Crippen molar-refractivity contribution in [1.29, 1.82) is 0 Å². The van der Waals surface area contributed by atoms with E-state index in [1.165, 1.54) is 0 Å². The zero-order chi connectivity index (χ0) is 11.0. The minimum Gasteiger partial charge on any atom is -0.502 e. The standard InChI is InChI=1S/C4H8O.C3H4.C2H6.C2H4/c1-4(2)5-3;1-3-2;2*1-2/h1H2,2-3H3;1H,2H3;1-2H3;1-2H2. The molecule has 1 heteroatoms. The van der Waals surface area contributed by atoms with Crippen LogP contribution in [0.3, 0.4) is 0 Å². The SMILES string of the molecule is C#CC.C=C.C=C(C)OC.CC. The largest absolute Gasteiger partial charge is 0.502 e. The van der Waals surface area contributed by atoms with Crippen molar-refractivity contribution in [3.8, 4) is 12.3 Å². The van der Waals surface area contributed by atoms with Crippen LogP contribution in [-0.2, 0) is 4.74 Å². The molecule has 0 saturated carbocycles. The number of hydrogen-bond acceptors (Lipinski definition) is 1. The quantitative estimate of drug-likeness (QED) is 0.332. The van der Waals surface area contributed by atoms with Gasteiger partial charge in [0.1, 0.15) is 0 Å². The Morgan fingerprint density at radius 3 is 1.42 bits per heavy atom. The van der Waals surface area contributed by atoms with Crippen molar-refractivity contribution in [3.05, 3.63) is 25.5 Å². The predicted molar refractivity (Wildman–Crippen MR) is 58.9 cm³/mol. The van der Waals surface area contributed by atoms with Gasteiger partial charge in [-0.3, -0.25) is 0 Å². The maximum absolute atomic E-state index is 4.60. The lowest BCUT2D eigenvalue weighted by Gasteiger charge is -1.88. The molecule has 0 aromatic rings. The Kier molecular flexibility index (Phi) is 97.5. The third-order valence-corrected chi connectivity index (χ3v) is 0.348. The van der Waals surface area contributed by atoms with Crippen LogP contribution in [-0.4, -0.2) is 7.11 Å². The fourth-order valence-corrected chi connectivity index (χ4v) is 0. The highest BCUT2D eigenvalue weighted by molar-refractivity contribution is 4.73. The van der Waals surface area contributed by atoms with E-state index in [4.69, 9.17) is 0 Å². The Labute approximate surface area is 78.1 Å². The van der Waals surface area contributed by atoms with Gasteiger partial charge in [-0.25, -0.2) is 0 Å². The van der Waals surface area contributed by atoms with Crippen LogP contribution in [0.1, 0.15) is 27.7 Å². The van der Waals surface area contributed by atoms with E-state index in [-0.39, 0.29) is 0 Å². The number of allylic oxidation sites excluding steroid dienone is 1. The van der Waals surface area contributed by atoms with Crippen molar-refractivity contribution < 1.29 is 4.74 Å². The van der Waals surface area contributed by atoms with Crippen LogP contribution < -0.4 is 0 Å². The molecular formula is C11H22O. The van der Waals surface area contributed by atoms with Crippen molar-refractivity contribution in [2.45, 2.75) is 27.7 Å². The fourth-order valence-electron chi connectivity index (χ4n) is 0. The van der Waals surface area contributed by atoms with Crippen molar-refractivity contribution in [2.24, 2.45) is 0 Å². The van der Waals surface area contributed by atoms with Crippen molar-refractivity contribution in [1.82, 2.24) is 0 Å². The summed E-state index contributed by atoms with van der Waals surface area (Å²) in [6.07, 6.45) is 4.60. The molecule has 0 saturated heterocycles. The van der Waals surface area contributed by atoms with Crippen LogP contribution in [0, 0.1) is 12.3 Å². The van der Waals surface area contributed by atoms with E-state index in [0.29, 0.717) is 0 Å². The number of ether oxygens (including phenoxy) is 1. The van der Waals surface area contributed by atoms with Gasteiger partial charge in [-0.2, -0.15) is 0 Å². The first kappa shape index (κ1) is 22.4. The smallest absolute Gasteiger partial charge is 0.0853 e. The molecule has 72 valence electrons. The third kappa shape index (κ3) is 770. The van der Waals surface area contributed by atoms with Gasteiger partial charge in [0.15, 0.2) is 0 Å². The van der Waals surface area contributed by atoms with Crippen LogP contribution in [0.15, 0.2) is 25.5 Å². The molecule has 0 radical (unpaired) electrons. The molecule has 0 bridgehead atoms. The number of methoxy groups -OCH3 is 1. The molecule has 0 aromatic carbocycles. The van der Waals surface area contributed by atoms with Gasteiger partial charge in [0, 0.05) is 0 Å². The topological polar surface area (TPSA) is 9.23 Å². The zero-order valence-corrected chi connectivity index (χ0v) is 9.11. The van der Waals surface area contributed by atoms with E-state index in [2.05, 4.69) is 36.8 Å². The Balaban J connectivity index is -0.0000000397. The summed E-state index contributed by atoms with van der Waals surface area (Å²) in [7, 11) is 1.60. The molecule has 0 unspecified atom stereocenters. The molecule has 0 spiro atoms. The Morgan fingerprint density at radius 1 is 1.33 bits per heavy atom. The second-order valence-electron chi connectivity index (χ2n) is 1.19. The van der Waals surface area contributed by atoms with Crippen LogP contribution in [0.5, 0.6) is 0 Å². The summed E-state index contributed by atoms with van der Waals surface area (Å²) in [5.74, 6) is 3.00. The number of terminal acetylenes is 1. The first-order valence-corrected chi connectivity index (χ1v) is 3.75. The van der Waals surface area contributed by atoms with E-state index in [0.717, 1.165) is 5.76 Å². The summed E-state index contributed by atoms with van der Waals surface area (Å²) in [5.41, 5.74) is 0. The van der Waals surface area contributed by atoms with Gasteiger partial charge >= 0.3 is 0 Å². The highest BCUT2D eigenvalue weighted by Gasteiger charge is 1.65.